The molecule has 5 rings (SSSR count). The van der Waals surface area contributed by atoms with Gasteiger partial charge in [0.05, 0.1) is 27.9 Å². The fraction of sp³-hybridized carbons (Fsp3) is 0.308. The minimum absolute atomic E-state index is 0.0690. The Morgan fingerprint density at radius 2 is 1.97 bits per heavy atom. The van der Waals surface area contributed by atoms with Crippen molar-refractivity contribution in [2.75, 3.05) is 6.61 Å². The number of hydrogen-bond donors (Lipinski definition) is 2. The molecule has 2 N–H and O–H groups in total. The van der Waals surface area contributed by atoms with Gasteiger partial charge in [0.15, 0.2) is 6.10 Å². The maximum atomic E-state index is 12.5. The van der Waals surface area contributed by atoms with Gasteiger partial charge in [0.1, 0.15) is 5.75 Å². The molecule has 35 heavy (non-hydrogen) atoms. The van der Waals surface area contributed by atoms with E-state index in [9.17, 15) is 19.8 Å². The van der Waals surface area contributed by atoms with Gasteiger partial charge in [-0.25, -0.2) is 14.6 Å². The smallest absolute Gasteiger partial charge is 0.365 e. The van der Waals surface area contributed by atoms with Crippen molar-refractivity contribution >= 4 is 44.4 Å². The van der Waals surface area contributed by atoms with Crippen LogP contribution in [0.3, 0.4) is 0 Å². The van der Waals surface area contributed by atoms with Gasteiger partial charge in [0.2, 0.25) is 5.01 Å². The molecule has 9 heteroatoms. The molecule has 1 aliphatic heterocycles. The van der Waals surface area contributed by atoms with E-state index in [4.69, 9.17) is 9.47 Å². The molecule has 0 bridgehead atoms. The molecule has 0 radical (unpaired) electrons. The molecule has 0 fully saturated rings. The number of aromatic nitrogens is 2. The van der Waals surface area contributed by atoms with E-state index >= 15 is 0 Å². The van der Waals surface area contributed by atoms with E-state index in [1.165, 1.54) is 0 Å². The normalized spacial score (nSPS) is 14.2. The lowest BCUT2D eigenvalue weighted by atomic mass is 9.89. The molecular formula is C26H24N2O6S. The van der Waals surface area contributed by atoms with Crippen molar-refractivity contribution in [3.8, 4) is 16.9 Å². The van der Waals surface area contributed by atoms with E-state index < -0.39 is 23.6 Å². The average molecular weight is 493 g/mol. The lowest BCUT2D eigenvalue weighted by molar-refractivity contribution is -0.160. The predicted octanol–water partition coefficient (Wildman–Crippen LogP) is 5.39. The quantitative estimate of drug-likeness (QED) is 0.380. The van der Waals surface area contributed by atoms with Crippen molar-refractivity contribution in [3.05, 3.63) is 52.2 Å². The Bertz CT molecular complexity index is 1510. The molecule has 1 atom stereocenters. The van der Waals surface area contributed by atoms with Gasteiger partial charge in [0, 0.05) is 34.7 Å². The van der Waals surface area contributed by atoms with Gasteiger partial charge < -0.3 is 19.7 Å². The monoisotopic (exact) mass is 492 g/mol. The first kappa shape index (κ1) is 23.2. The number of carboxylic acids is 2. The SMILES string of the molecule is Cc1cc2nc(C(=O)O)sc2c(-c2ccc3c4c(ccnc24)CCO3)c1C(OC(C)(C)C)C(=O)O. The van der Waals surface area contributed by atoms with Crippen molar-refractivity contribution < 1.29 is 29.3 Å². The summed E-state index contributed by atoms with van der Waals surface area (Å²) >= 11 is 1.02. The molecule has 2 aromatic carbocycles. The number of carboxylic acid groups (broad SMARTS) is 2. The van der Waals surface area contributed by atoms with Crippen molar-refractivity contribution in [1.29, 1.82) is 0 Å². The molecule has 0 amide bonds. The number of ether oxygens (including phenoxy) is 2. The Balaban J connectivity index is 1.92. The van der Waals surface area contributed by atoms with E-state index in [0.29, 0.717) is 44.6 Å². The first-order valence-corrected chi connectivity index (χ1v) is 12.0. The first-order chi connectivity index (χ1) is 16.5. The number of pyridine rings is 1. The summed E-state index contributed by atoms with van der Waals surface area (Å²) in [4.78, 5) is 33.3. The molecule has 0 saturated heterocycles. The van der Waals surface area contributed by atoms with Crippen LogP contribution < -0.4 is 4.74 Å². The summed E-state index contributed by atoms with van der Waals surface area (Å²) in [5.41, 5.74) is 3.86. The van der Waals surface area contributed by atoms with Gasteiger partial charge in [-0.2, -0.15) is 0 Å². The highest BCUT2D eigenvalue weighted by Gasteiger charge is 2.33. The summed E-state index contributed by atoms with van der Waals surface area (Å²) in [6, 6.07) is 7.40. The van der Waals surface area contributed by atoms with E-state index in [1.54, 1.807) is 40.0 Å². The molecule has 4 aromatic rings. The van der Waals surface area contributed by atoms with Gasteiger partial charge in [0.25, 0.3) is 0 Å². The third kappa shape index (κ3) is 4.00. The van der Waals surface area contributed by atoms with Gasteiger partial charge in [-0.3, -0.25) is 4.98 Å². The van der Waals surface area contributed by atoms with Crippen LogP contribution in [0.1, 0.15) is 53.4 Å². The highest BCUT2D eigenvalue weighted by Crippen LogP contribution is 2.46. The Hall–Kier alpha value is -3.56. The van der Waals surface area contributed by atoms with Crippen LogP contribution in [0.25, 0.3) is 32.2 Å². The van der Waals surface area contributed by atoms with E-state index in [0.717, 1.165) is 34.5 Å². The predicted molar refractivity (Wildman–Crippen MR) is 132 cm³/mol. The van der Waals surface area contributed by atoms with Crippen LogP contribution in [-0.2, 0) is 16.0 Å². The molecule has 1 unspecified atom stereocenters. The number of aliphatic carboxylic acids is 1. The van der Waals surface area contributed by atoms with Gasteiger partial charge >= 0.3 is 11.9 Å². The molecule has 180 valence electrons. The van der Waals surface area contributed by atoms with Crippen molar-refractivity contribution in [2.24, 2.45) is 0 Å². The minimum Gasteiger partial charge on any atom is -0.493 e. The Morgan fingerprint density at radius 3 is 2.66 bits per heavy atom. The largest absolute Gasteiger partial charge is 0.493 e. The van der Waals surface area contributed by atoms with Crippen LogP contribution in [0.5, 0.6) is 5.75 Å². The fourth-order valence-corrected chi connectivity index (χ4v) is 5.55. The minimum atomic E-state index is -1.29. The third-order valence-corrected chi connectivity index (χ3v) is 6.98. The maximum absolute atomic E-state index is 12.5. The number of aryl methyl sites for hydroxylation is 1. The number of nitrogens with zero attached hydrogens (tertiary/aromatic N) is 2. The highest BCUT2D eigenvalue weighted by atomic mass is 32.1. The third-order valence-electron chi connectivity index (χ3n) is 5.91. The van der Waals surface area contributed by atoms with E-state index in [-0.39, 0.29) is 5.01 Å². The van der Waals surface area contributed by atoms with Crippen LogP contribution in [0, 0.1) is 6.92 Å². The molecule has 3 heterocycles. The molecule has 0 aliphatic carbocycles. The van der Waals surface area contributed by atoms with Crippen LogP contribution in [0.15, 0.2) is 30.5 Å². The fourth-order valence-electron chi connectivity index (χ4n) is 4.60. The van der Waals surface area contributed by atoms with Crippen molar-refractivity contribution in [3.63, 3.8) is 0 Å². The number of carbonyl (C=O) groups is 2. The highest BCUT2D eigenvalue weighted by molar-refractivity contribution is 7.20. The molecule has 2 aromatic heterocycles. The van der Waals surface area contributed by atoms with Crippen LogP contribution in [0.4, 0.5) is 0 Å². The molecular weight excluding hydrogens is 468 g/mol. The lowest BCUT2D eigenvalue weighted by Gasteiger charge is -2.28. The number of rotatable bonds is 5. The Labute approximate surface area is 205 Å². The lowest BCUT2D eigenvalue weighted by Crippen LogP contribution is -2.28. The van der Waals surface area contributed by atoms with Crippen LogP contribution in [0.2, 0.25) is 0 Å². The average Bonchev–Trinajstić information content (AvgIpc) is 3.21. The number of thiazole rings is 1. The summed E-state index contributed by atoms with van der Waals surface area (Å²) in [6.45, 7) is 7.76. The van der Waals surface area contributed by atoms with Gasteiger partial charge in [-0.05, 0) is 63.1 Å². The van der Waals surface area contributed by atoms with Crippen molar-refractivity contribution in [1.82, 2.24) is 9.97 Å². The van der Waals surface area contributed by atoms with E-state index in [1.807, 2.05) is 18.2 Å². The molecule has 0 spiro atoms. The zero-order valence-corrected chi connectivity index (χ0v) is 20.5. The summed E-state index contributed by atoms with van der Waals surface area (Å²) in [5.74, 6) is -1.55. The Morgan fingerprint density at radius 1 is 1.20 bits per heavy atom. The van der Waals surface area contributed by atoms with E-state index in [2.05, 4.69) is 9.97 Å². The van der Waals surface area contributed by atoms with Crippen LogP contribution >= 0.6 is 11.3 Å². The topological polar surface area (TPSA) is 119 Å². The van der Waals surface area contributed by atoms with Gasteiger partial charge in [-0.1, -0.05) is 0 Å². The molecule has 8 nitrogen and oxygen atoms in total. The molecule has 1 aliphatic rings. The second kappa shape index (κ2) is 8.28. The zero-order valence-electron chi connectivity index (χ0n) is 19.7. The number of benzene rings is 2. The first-order valence-electron chi connectivity index (χ1n) is 11.2. The zero-order chi connectivity index (χ0) is 25.1. The standard InChI is InChI=1S/C26H24N2O6S/c1-12-11-15-22(35-23(28-15)25(31)32)19(17(12)21(24(29)30)34-26(2,3)4)14-5-6-16-18-13(8-10-33-16)7-9-27-20(14)18/h5-7,9,11,21H,8,10H2,1-4H3,(H,29,30)(H,31,32). The summed E-state index contributed by atoms with van der Waals surface area (Å²) in [5, 5.41) is 20.7. The summed E-state index contributed by atoms with van der Waals surface area (Å²) in [7, 11) is 0. The molecule has 0 saturated carbocycles. The Kier molecular flexibility index (Phi) is 5.49. The number of fused-ring (bicyclic) bond motifs is 1. The second-order valence-electron chi connectivity index (χ2n) is 9.51. The summed E-state index contributed by atoms with van der Waals surface area (Å²) < 4.78 is 12.5. The number of aromatic carboxylic acids is 1. The maximum Gasteiger partial charge on any atom is 0.365 e. The second-order valence-corrected chi connectivity index (χ2v) is 10.5. The summed E-state index contributed by atoms with van der Waals surface area (Å²) in [6.07, 6.45) is 1.19. The van der Waals surface area contributed by atoms with Gasteiger partial charge in [-0.15, -0.1) is 11.3 Å². The van der Waals surface area contributed by atoms with Crippen LogP contribution in [-0.4, -0.2) is 44.3 Å². The number of hydrogen-bond acceptors (Lipinski definition) is 7. The van der Waals surface area contributed by atoms with Crippen molar-refractivity contribution in [2.45, 2.75) is 45.8 Å².